The van der Waals surface area contributed by atoms with E-state index in [0.717, 1.165) is 5.56 Å². The Labute approximate surface area is 111 Å². The van der Waals surface area contributed by atoms with E-state index in [1.165, 1.54) is 0 Å². The van der Waals surface area contributed by atoms with E-state index < -0.39 is 5.97 Å². The number of hydrogen-bond acceptors (Lipinski definition) is 4. The van der Waals surface area contributed by atoms with Gasteiger partial charge in [0.15, 0.2) is 5.76 Å². The van der Waals surface area contributed by atoms with Gasteiger partial charge in [-0.15, -0.1) is 0 Å². The molecule has 0 aliphatic carbocycles. The number of carbonyl (C=O) groups excluding carboxylic acids is 1. The van der Waals surface area contributed by atoms with E-state index >= 15 is 0 Å². The maximum absolute atomic E-state index is 11.7. The zero-order valence-electron chi connectivity index (χ0n) is 10.9. The van der Waals surface area contributed by atoms with Crippen LogP contribution in [0.4, 0.5) is 0 Å². The number of aliphatic hydroxyl groups is 1. The number of aliphatic hydroxyl groups excluding tert-OH is 1. The minimum atomic E-state index is -0.544. The van der Waals surface area contributed by atoms with Gasteiger partial charge in [0, 0.05) is 0 Å². The number of ether oxygens (including phenoxy) is 1. The Hall–Kier alpha value is -2.36. The second kappa shape index (κ2) is 5.52. The van der Waals surface area contributed by atoms with Gasteiger partial charge in [0.05, 0.1) is 12.3 Å². The normalized spacial score (nSPS) is 16.7. The van der Waals surface area contributed by atoms with Gasteiger partial charge in [0.25, 0.3) is 0 Å². The molecule has 2 rings (SSSR count). The predicted molar refractivity (Wildman–Crippen MR) is 73.8 cm³/mol. The molecule has 0 amide bonds. The first-order valence-corrected chi connectivity index (χ1v) is 6.06. The monoisotopic (exact) mass is 257 g/mol. The summed E-state index contributed by atoms with van der Waals surface area (Å²) < 4.78 is 4.90. The van der Waals surface area contributed by atoms with Gasteiger partial charge in [0.2, 0.25) is 0 Å². The molecule has 0 unspecified atom stereocenters. The fourth-order valence-electron chi connectivity index (χ4n) is 1.84. The molecule has 1 heterocycles. The lowest BCUT2D eigenvalue weighted by atomic mass is 10.1. The Morgan fingerprint density at radius 2 is 2.05 bits per heavy atom. The molecular formula is C15H15NO3. The van der Waals surface area contributed by atoms with Crippen LogP contribution in [-0.2, 0) is 9.53 Å². The zero-order chi connectivity index (χ0) is 13.8. The minimum Gasteiger partial charge on any atom is -0.505 e. The lowest BCUT2D eigenvalue weighted by Gasteiger charge is -2.02. The van der Waals surface area contributed by atoms with Crippen molar-refractivity contribution in [2.75, 3.05) is 6.61 Å². The Kier molecular flexibility index (Phi) is 3.80. The fraction of sp³-hybridized carbons (Fsp3) is 0.200. The highest BCUT2D eigenvalue weighted by Gasteiger charge is 2.27. The average Bonchev–Trinajstić information content (AvgIpc) is 2.66. The van der Waals surface area contributed by atoms with Crippen LogP contribution in [0.2, 0.25) is 0 Å². The third kappa shape index (κ3) is 2.73. The molecule has 4 nitrogen and oxygen atoms in total. The second-order valence-electron chi connectivity index (χ2n) is 4.08. The van der Waals surface area contributed by atoms with Gasteiger partial charge in [0.1, 0.15) is 11.3 Å². The first kappa shape index (κ1) is 13.1. The Bertz CT molecular complexity index is 583. The first-order chi connectivity index (χ1) is 9.13. The van der Waals surface area contributed by atoms with Crippen molar-refractivity contribution in [1.29, 1.82) is 0 Å². The molecule has 0 atom stereocenters. The quantitative estimate of drug-likeness (QED) is 0.847. The average molecular weight is 257 g/mol. The summed E-state index contributed by atoms with van der Waals surface area (Å²) in [7, 11) is 0. The Balaban J connectivity index is 2.36. The highest BCUT2D eigenvalue weighted by atomic mass is 16.5. The number of hydrogen-bond donors (Lipinski definition) is 1. The Morgan fingerprint density at radius 1 is 1.37 bits per heavy atom. The van der Waals surface area contributed by atoms with Gasteiger partial charge in [-0.2, -0.15) is 0 Å². The van der Waals surface area contributed by atoms with Gasteiger partial charge >= 0.3 is 5.97 Å². The van der Waals surface area contributed by atoms with Crippen LogP contribution in [0.25, 0.3) is 6.08 Å². The number of rotatable bonds is 3. The third-order valence-corrected chi connectivity index (χ3v) is 2.71. The highest BCUT2D eigenvalue weighted by molar-refractivity contribution is 6.22. The SMILES string of the molecule is CCOC(=O)C1=C(O)/C(=C\c2ccccc2)N=C1C. The molecule has 1 aromatic carbocycles. The summed E-state index contributed by atoms with van der Waals surface area (Å²) in [5.74, 6) is -0.669. The predicted octanol–water partition coefficient (Wildman–Crippen LogP) is 2.88. The van der Waals surface area contributed by atoms with Crippen molar-refractivity contribution in [1.82, 2.24) is 0 Å². The highest BCUT2D eigenvalue weighted by Crippen LogP contribution is 2.26. The van der Waals surface area contributed by atoms with Crippen LogP contribution >= 0.6 is 0 Å². The van der Waals surface area contributed by atoms with Crippen molar-refractivity contribution >= 4 is 17.8 Å². The van der Waals surface area contributed by atoms with Crippen molar-refractivity contribution < 1.29 is 14.6 Å². The van der Waals surface area contributed by atoms with Crippen LogP contribution in [0.3, 0.4) is 0 Å². The summed E-state index contributed by atoms with van der Waals surface area (Å²) in [5, 5.41) is 10.1. The first-order valence-electron chi connectivity index (χ1n) is 6.06. The Morgan fingerprint density at radius 3 is 2.68 bits per heavy atom. The molecule has 0 bridgehead atoms. The lowest BCUT2D eigenvalue weighted by Crippen LogP contribution is -2.13. The summed E-state index contributed by atoms with van der Waals surface area (Å²) in [4.78, 5) is 15.9. The molecule has 0 saturated heterocycles. The van der Waals surface area contributed by atoms with Crippen LogP contribution in [0.5, 0.6) is 0 Å². The smallest absolute Gasteiger partial charge is 0.343 e. The van der Waals surface area contributed by atoms with Crippen molar-refractivity contribution in [3.05, 3.63) is 52.9 Å². The molecule has 0 spiro atoms. The van der Waals surface area contributed by atoms with Gasteiger partial charge in [-0.3, -0.25) is 0 Å². The van der Waals surface area contributed by atoms with E-state index in [0.29, 0.717) is 11.4 Å². The number of esters is 1. The molecule has 1 aliphatic rings. The van der Waals surface area contributed by atoms with Gasteiger partial charge < -0.3 is 9.84 Å². The van der Waals surface area contributed by atoms with E-state index in [-0.39, 0.29) is 17.9 Å². The fourth-order valence-corrected chi connectivity index (χ4v) is 1.84. The molecule has 0 radical (unpaired) electrons. The van der Waals surface area contributed by atoms with Crippen LogP contribution in [0.1, 0.15) is 19.4 Å². The molecule has 1 aromatic rings. The number of aliphatic imine (C=N–C) groups is 1. The summed E-state index contributed by atoms with van der Waals surface area (Å²) in [5.41, 5.74) is 1.90. The number of nitrogens with zero attached hydrogens (tertiary/aromatic N) is 1. The standard InChI is InChI=1S/C15H15NO3/c1-3-19-15(18)13-10(2)16-12(14(13)17)9-11-7-5-4-6-8-11/h4-9,17H,3H2,1-2H3/b12-9+. The molecule has 98 valence electrons. The summed E-state index contributed by atoms with van der Waals surface area (Å²) in [6.45, 7) is 3.66. The lowest BCUT2D eigenvalue weighted by molar-refractivity contribution is -0.138. The topological polar surface area (TPSA) is 58.9 Å². The maximum Gasteiger partial charge on any atom is 0.343 e. The summed E-state index contributed by atoms with van der Waals surface area (Å²) >= 11 is 0. The van der Waals surface area contributed by atoms with Gasteiger partial charge in [-0.1, -0.05) is 30.3 Å². The number of benzene rings is 1. The largest absolute Gasteiger partial charge is 0.505 e. The van der Waals surface area contributed by atoms with E-state index in [2.05, 4.69) is 4.99 Å². The molecule has 19 heavy (non-hydrogen) atoms. The van der Waals surface area contributed by atoms with Crippen LogP contribution < -0.4 is 0 Å². The zero-order valence-corrected chi connectivity index (χ0v) is 10.9. The molecule has 1 N–H and O–H groups in total. The van der Waals surface area contributed by atoms with E-state index in [1.807, 2.05) is 30.3 Å². The van der Waals surface area contributed by atoms with Gasteiger partial charge in [-0.25, -0.2) is 9.79 Å². The molecule has 1 aliphatic heterocycles. The summed E-state index contributed by atoms with van der Waals surface area (Å²) in [6, 6.07) is 9.49. The van der Waals surface area contributed by atoms with Crippen molar-refractivity contribution in [3.63, 3.8) is 0 Å². The van der Waals surface area contributed by atoms with Crippen LogP contribution in [-0.4, -0.2) is 23.4 Å². The second-order valence-corrected chi connectivity index (χ2v) is 4.08. The van der Waals surface area contributed by atoms with Crippen molar-refractivity contribution in [2.24, 2.45) is 4.99 Å². The van der Waals surface area contributed by atoms with E-state index in [9.17, 15) is 9.90 Å². The van der Waals surface area contributed by atoms with Crippen LogP contribution in [0.15, 0.2) is 52.4 Å². The molecule has 0 saturated carbocycles. The van der Waals surface area contributed by atoms with Crippen molar-refractivity contribution in [3.8, 4) is 0 Å². The molecule has 4 heteroatoms. The molecule has 0 fully saturated rings. The minimum absolute atomic E-state index is 0.125. The third-order valence-electron chi connectivity index (χ3n) is 2.71. The van der Waals surface area contributed by atoms with E-state index in [4.69, 9.17) is 4.74 Å². The van der Waals surface area contributed by atoms with Gasteiger partial charge in [-0.05, 0) is 25.5 Å². The summed E-state index contributed by atoms with van der Waals surface area (Å²) in [6.07, 6.45) is 1.73. The van der Waals surface area contributed by atoms with E-state index in [1.54, 1.807) is 19.9 Å². The van der Waals surface area contributed by atoms with Crippen molar-refractivity contribution in [2.45, 2.75) is 13.8 Å². The maximum atomic E-state index is 11.7. The van der Waals surface area contributed by atoms with Crippen LogP contribution in [0, 0.1) is 0 Å². The number of carbonyl (C=O) groups is 1. The molecular weight excluding hydrogens is 242 g/mol. The molecule has 0 aromatic heterocycles.